The molecule has 0 spiro atoms. The van der Waals surface area contributed by atoms with E-state index >= 15 is 0 Å². The van der Waals surface area contributed by atoms with Crippen LogP contribution in [-0.4, -0.2) is 19.3 Å². The van der Waals surface area contributed by atoms with Gasteiger partial charge in [0.25, 0.3) is 0 Å². The molecule has 1 N–H and O–H groups in total. The van der Waals surface area contributed by atoms with E-state index in [-0.39, 0.29) is 0 Å². The van der Waals surface area contributed by atoms with Gasteiger partial charge in [0.2, 0.25) is 0 Å². The molecule has 0 bridgehead atoms. The zero-order valence-electron chi connectivity index (χ0n) is 13.3. The first kappa shape index (κ1) is 16.7. The lowest BCUT2D eigenvalue weighted by molar-refractivity contribution is 0.282. The van der Waals surface area contributed by atoms with Crippen LogP contribution >= 0.6 is 0 Å². The summed E-state index contributed by atoms with van der Waals surface area (Å²) in [6, 6.07) is 0.624. The molecule has 0 radical (unpaired) electrons. The molecule has 0 heterocycles. The van der Waals surface area contributed by atoms with Gasteiger partial charge in [-0.05, 0) is 63.3 Å². The Morgan fingerprint density at radius 2 is 1.89 bits per heavy atom. The van der Waals surface area contributed by atoms with E-state index in [9.17, 15) is 4.39 Å². The topological polar surface area (TPSA) is 12.0 Å². The van der Waals surface area contributed by atoms with E-state index in [1.54, 1.807) is 13.0 Å². The van der Waals surface area contributed by atoms with Crippen LogP contribution in [0.5, 0.6) is 0 Å². The molecule has 5 unspecified atom stereocenters. The molecule has 0 saturated heterocycles. The molecule has 1 saturated carbocycles. The van der Waals surface area contributed by atoms with Gasteiger partial charge >= 0.3 is 0 Å². The summed E-state index contributed by atoms with van der Waals surface area (Å²) in [7, 11) is 2.09. The molecule has 0 aliphatic heterocycles. The zero-order valence-corrected chi connectivity index (χ0v) is 13.3. The Morgan fingerprint density at radius 3 is 2.42 bits per heavy atom. The lowest BCUT2D eigenvalue weighted by Crippen LogP contribution is -2.35. The summed E-state index contributed by atoms with van der Waals surface area (Å²) in [5, 5.41) is 3.52. The maximum atomic E-state index is 12.9. The molecular formula is C17H32FN. The molecule has 1 fully saturated rings. The molecule has 1 rings (SSSR count). The molecule has 2 heteroatoms. The largest absolute Gasteiger partial charge is 0.317 e. The molecule has 19 heavy (non-hydrogen) atoms. The zero-order chi connectivity index (χ0) is 14.4. The van der Waals surface area contributed by atoms with E-state index in [0.717, 1.165) is 17.8 Å². The fourth-order valence-corrected chi connectivity index (χ4v) is 3.44. The Labute approximate surface area is 119 Å². The van der Waals surface area contributed by atoms with Crippen molar-refractivity contribution in [3.8, 4) is 0 Å². The van der Waals surface area contributed by atoms with E-state index in [1.807, 2.05) is 0 Å². The first-order valence-electron chi connectivity index (χ1n) is 7.93. The van der Waals surface area contributed by atoms with Gasteiger partial charge in [0, 0.05) is 6.04 Å². The highest BCUT2D eigenvalue weighted by Gasteiger charge is 2.34. The number of allylic oxidation sites excluding steroid dienone is 2. The number of nitrogens with one attached hydrogen (secondary N) is 1. The molecule has 0 aromatic carbocycles. The predicted molar refractivity (Wildman–Crippen MR) is 82.0 cm³/mol. The Bertz CT molecular complexity index is 272. The van der Waals surface area contributed by atoms with Crippen molar-refractivity contribution in [2.45, 2.75) is 65.6 Å². The third kappa shape index (κ3) is 5.64. The predicted octanol–water partition coefficient (Wildman–Crippen LogP) is 4.59. The van der Waals surface area contributed by atoms with Crippen LogP contribution in [-0.2, 0) is 0 Å². The summed E-state index contributed by atoms with van der Waals surface area (Å²) in [5.74, 6) is 2.84. The van der Waals surface area contributed by atoms with Gasteiger partial charge in [-0.2, -0.15) is 0 Å². The van der Waals surface area contributed by atoms with Crippen LogP contribution in [0.25, 0.3) is 0 Å². The minimum absolute atomic E-state index is 0.577. The van der Waals surface area contributed by atoms with Crippen molar-refractivity contribution in [2.24, 2.45) is 23.7 Å². The van der Waals surface area contributed by atoms with E-state index in [4.69, 9.17) is 0 Å². The molecule has 1 aliphatic rings. The highest BCUT2D eigenvalue weighted by Crippen LogP contribution is 2.40. The van der Waals surface area contributed by atoms with Crippen molar-refractivity contribution >= 4 is 0 Å². The Hall–Kier alpha value is -0.370. The van der Waals surface area contributed by atoms with E-state index < -0.39 is 6.17 Å². The molecule has 112 valence electrons. The lowest BCUT2D eigenvalue weighted by atomic mass is 9.86. The third-order valence-electron chi connectivity index (χ3n) is 4.57. The van der Waals surface area contributed by atoms with E-state index in [0.29, 0.717) is 12.0 Å². The Balaban J connectivity index is 2.52. The number of rotatable bonds is 7. The summed E-state index contributed by atoms with van der Waals surface area (Å²) >= 11 is 0. The van der Waals surface area contributed by atoms with Gasteiger partial charge in [-0.25, -0.2) is 4.39 Å². The van der Waals surface area contributed by atoms with Gasteiger partial charge in [0.15, 0.2) is 0 Å². The monoisotopic (exact) mass is 269 g/mol. The molecule has 1 aliphatic carbocycles. The first-order valence-corrected chi connectivity index (χ1v) is 7.93. The van der Waals surface area contributed by atoms with Gasteiger partial charge in [0.05, 0.1) is 0 Å². The second-order valence-corrected chi connectivity index (χ2v) is 6.80. The minimum atomic E-state index is -0.810. The summed E-state index contributed by atoms with van der Waals surface area (Å²) in [5.41, 5.74) is 0. The van der Waals surface area contributed by atoms with Crippen molar-refractivity contribution in [2.75, 3.05) is 7.05 Å². The van der Waals surface area contributed by atoms with Gasteiger partial charge in [-0.15, -0.1) is 0 Å². The lowest BCUT2D eigenvalue weighted by Gasteiger charge is -2.27. The van der Waals surface area contributed by atoms with Crippen molar-refractivity contribution in [1.82, 2.24) is 5.32 Å². The summed E-state index contributed by atoms with van der Waals surface area (Å²) < 4.78 is 12.9. The third-order valence-corrected chi connectivity index (χ3v) is 4.57. The summed E-state index contributed by atoms with van der Waals surface area (Å²) in [4.78, 5) is 0. The molecular weight excluding hydrogens is 237 g/mol. The van der Waals surface area contributed by atoms with Crippen LogP contribution in [0.3, 0.4) is 0 Å². The molecule has 0 aromatic heterocycles. The smallest absolute Gasteiger partial charge is 0.115 e. The second-order valence-electron chi connectivity index (χ2n) is 6.80. The standard InChI is InChI=1S/C17H32FN/c1-12(2)6-9-17(19-5)16-11-15(10-13(16)3)8-7-14(4)18/h7-8,12-17,19H,6,9-11H2,1-5H3. The number of hydrogen-bond acceptors (Lipinski definition) is 1. The van der Waals surface area contributed by atoms with Gasteiger partial charge in [-0.3, -0.25) is 0 Å². The fraction of sp³-hybridized carbons (Fsp3) is 0.882. The summed E-state index contributed by atoms with van der Waals surface area (Å²) in [6.07, 6.45) is 8.01. The van der Waals surface area contributed by atoms with Crippen LogP contribution in [0.15, 0.2) is 12.2 Å². The average molecular weight is 269 g/mol. The highest BCUT2D eigenvalue weighted by molar-refractivity contribution is 4.99. The molecule has 0 aromatic rings. The van der Waals surface area contributed by atoms with Crippen LogP contribution in [0.4, 0.5) is 4.39 Å². The minimum Gasteiger partial charge on any atom is -0.317 e. The first-order chi connectivity index (χ1) is 8.93. The van der Waals surface area contributed by atoms with Crippen molar-refractivity contribution in [3.05, 3.63) is 12.2 Å². The van der Waals surface area contributed by atoms with Crippen molar-refractivity contribution in [3.63, 3.8) is 0 Å². The Morgan fingerprint density at radius 1 is 1.21 bits per heavy atom. The van der Waals surface area contributed by atoms with Gasteiger partial charge in [0.1, 0.15) is 6.17 Å². The maximum absolute atomic E-state index is 12.9. The second kappa shape index (κ2) is 8.04. The highest BCUT2D eigenvalue weighted by atomic mass is 19.1. The number of halogens is 1. The van der Waals surface area contributed by atoms with Crippen molar-refractivity contribution < 1.29 is 4.39 Å². The van der Waals surface area contributed by atoms with Gasteiger partial charge in [-0.1, -0.05) is 32.9 Å². The molecule has 0 amide bonds. The average Bonchev–Trinajstić information content (AvgIpc) is 2.69. The number of alkyl halides is 1. The van der Waals surface area contributed by atoms with Crippen LogP contribution < -0.4 is 5.32 Å². The van der Waals surface area contributed by atoms with Crippen molar-refractivity contribution in [1.29, 1.82) is 0 Å². The Kier molecular flexibility index (Phi) is 7.06. The summed E-state index contributed by atoms with van der Waals surface area (Å²) in [6.45, 7) is 8.54. The number of hydrogen-bond donors (Lipinski definition) is 1. The van der Waals surface area contributed by atoms with E-state index in [1.165, 1.54) is 25.7 Å². The molecule has 5 atom stereocenters. The normalized spacial score (nSPS) is 31.2. The van der Waals surface area contributed by atoms with E-state index in [2.05, 4.69) is 39.2 Å². The van der Waals surface area contributed by atoms with Crippen LogP contribution in [0, 0.1) is 23.7 Å². The quantitative estimate of drug-likeness (QED) is 0.667. The van der Waals surface area contributed by atoms with Crippen LogP contribution in [0.1, 0.15) is 53.4 Å². The van der Waals surface area contributed by atoms with Crippen LogP contribution in [0.2, 0.25) is 0 Å². The van der Waals surface area contributed by atoms with Gasteiger partial charge < -0.3 is 5.32 Å². The maximum Gasteiger partial charge on any atom is 0.115 e. The fourth-order valence-electron chi connectivity index (χ4n) is 3.44. The molecule has 1 nitrogen and oxygen atoms in total. The SMILES string of the molecule is CNC(CCC(C)C)C1CC(C=CC(C)F)CC1C.